The van der Waals surface area contributed by atoms with Crippen molar-refractivity contribution in [1.29, 1.82) is 0 Å². The van der Waals surface area contributed by atoms with Crippen LogP contribution in [0.5, 0.6) is 0 Å². The topological polar surface area (TPSA) is 78.9 Å². The molecule has 0 N–H and O–H groups in total. The van der Waals surface area contributed by atoms with E-state index in [1.807, 2.05) is 0 Å². The van der Waals surface area contributed by atoms with Gasteiger partial charge in [0.25, 0.3) is 0 Å². The van der Waals surface area contributed by atoms with E-state index in [1.54, 1.807) is 0 Å². The van der Waals surface area contributed by atoms with Gasteiger partial charge in [0.2, 0.25) is 0 Å². The quantitative estimate of drug-likeness (QED) is 0.0262. The summed E-state index contributed by atoms with van der Waals surface area (Å²) in [6, 6.07) is 0. The zero-order valence-electron chi connectivity index (χ0n) is 44.2. The van der Waals surface area contributed by atoms with Crippen LogP contribution in [0.25, 0.3) is 0 Å². The molecule has 0 heterocycles. The van der Waals surface area contributed by atoms with Crippen molar-refractivity contribution in [3.05, 3.63) is 72.9 Å². The predicted molar refractivity (Wildman–Crippen MR) is 288 cm³/mol. The first kappa shape index (κ1) is 63.8. The van der Waals surface area contributed by atoms with Gasteiger partial charge in [-0.2, -0.15) is 0 Å². The van der Waals surface area contributed by atoms with E-state index in [0.717, 1.165) is 96.3 Å². The molecule has 0 spiro atoms. The van der Waals surface area contributed by atoms with Gasteiger partial charge in [0, 0.05) is 19.3 Å². The van der Waals surface area contributed by atoms with Crippen molar-refractivity contribution < 1.29 is 28.6 Å². The van der Waals surface area contributed by atoms with Crippen molar-refractivity contribution in [2.45, 2.75) is 284 Å². The molecule has 0 radical (unpaired) electrons. The maximum absolute atomic E-state index is 12.8. The molecular formula is C61H106O6. The molecule has 0 aliphatic carbocycles. The van der Waals surface area contributed by atoms with Gasteiger partial charge in [-0.3, -0.25) is 14.4 Å². The second-order valence-electron chi connectivity index (χ2n) is 18.8. The molecule has 1 atom stereocenters. The van der Waals surface area contributed by atoms with Crippen LogP contribution in [0.15, 0.2) is 72.9 Å². The standard InChI is InChI=1S/C61H106O6/c1-4-7-10-13-16-19-22-24-26-28-30-32-34-36-39-41-44-47-50-53-59(62)65-56-58(67-61(64)55-52-49-46-43-38-21-18-15-12-9-6-3)57-66-60(63)54-51-48-45-42-40-37-35-33-31-29-27-25-23-20-17-14-11-8-5-2/h15-16,18-19,24-27,30,32,36,39,58H,4-14,17,20-23,28-29,31,33-35,37-38,40-57H2,1-3H3/b18-15-,19-16-,26-24-,27-25-,32-30-,39-36-/t58-/m1/s1. The molecule has 0 fully saturated rings. The van der Waals surface area contributed by atoms with Gasteiger partial charge in [-0.25, -0.2) is 0 Å². The number of ether oxygens (including phenoxy) is 3. The first-order valence-electron chi connectivity index (χ1n) is 28.4. The van der Waals surface area contributed by atoms with Crippen molar-refractivity contribution in [2.75, 3.05) is 13.2 Å². The highest BCUT2D eigenvalue weighted by Crippen LogP contribution is 2.15. The Morgan fingerprint density at radius 1 is 0.299 bits per heavy atom. The van der Waals surface area contributed by atoms with Crippen LogP contribution >= 0.6 is 0 Å². The van der Waals surface area contributed by atoms with Gasteiger partial charge in [-0.05, 0) is 109 Å². The maximum Gasteiger partial charge on any atom is 0.306 e. The number of rotatable bonds is 51. The van der Waals surface area contributed by atoms with E-state index in [-0.39, 0.29) is 31.1 Å². The Morgan fingerprint density at radius 2 is 0.552 bits per heavy atom. The number of hydrogen-bond acceptors (Lipinski definition) is 6. The fraction of sp³-hybridized carbons (Fsp3) is 0.754. The van der Waals surface area contributed by atoms with Crippen molar-refractivity contribution in [1.82, 2.24) is 0 Å². The Bertz CT molecular complexity index is 1260. The van der Waals surface area contributed by atoms with Crippen LogP contribution in [0.4, 0.5) is 0 Å². The zero-order valence-corrected chi connectivity index (χ0v) is 44.2. The van der Waals surface area contributed by atoms with E-state index in [9.17, 15) is 14.4 Å². The molecule has 67 heavy (non-hydrogen) atoms. The van der Waals surface area contributed by atoms with Gasteiger partial charge in [0.05, 0.1) is 0 Å². The average Bonchev–Trinajstić information content (AvgIpc) is 3.33. The van der Waals surface area contributed by atoms with Crippen LogP contribution in [-0.2, 0) is 28.6 Å². The van der Waals surface area contributed by atoms with Crippen LogP contribution in [-0.4, -0.2) is 37.2 Å². The largest absolute Gasteiger partial charge is 0.462 e. The van der Waals surface area contributed by atoms with E-state index >= 15 is 0 Å². The first-order valence-corrected chi connectivity index (χ1v) is 28.4. The van der Waals surface area contributed by atoms with Gasteiger partial charge >= 0.3 is 17.9 Å². The van der Waals surface area contributed by atoms with E-state index in [0.29, 0.717) is 19.3 Å². The lowest BCUT2D eigenvalue weighted by Crippen LogP contribution is -2.30. The third-order valence-corrected chi connectivity index (χ3v) is 12.2. The summed E-state index contributed by atoms with van der Waals surface area (Å²) in [5, 5.41) is 0. The number of carbonyl (C=O) groups excluding carboxylic acids is 3. The third kappa shape index (κ3) is 53.7. The molecule has 0 aromatic rings. The summed E-state index contributed by atoms with van der Waals surface area (Å²) in [5.74, 6) is -0.928. The maximum atomic E-state index is 12.8. The zero-order chi connectivity index (χ0) is 48.6. The highest BCUT2D eigenvalue weighted by Gasteiger charge is 2.19. The average molecular weight is 936 g/mol. The number of allylic oxidation sites excluding steroid dienone is 12. The smallest absolute Gasteiger partial charge is 0.306 e. The molecule has 0 aromatic carbocycles. The molecule has 0 aliphatic rings. The van der Waals surface area contributed by atoms with Gasteiger partial charge < -0.3 is 14.2 Å². The Hall–Kier alpha value is -3.15. The summed E-state index contributed by atoms with van der Waals surface area (Å²) < 4.78 is 16.8. The molecule has 0 saturated carbocycles. The van der Waals surface area contributed by atoms with E-state index in [1.165, 1.54) is 141 Å². The molecular weight excluding hydrogens is 829 g/mol. The van der Waals surface area contributed by atoms with Crippen LogP contribution in [0.1, 0.15) is 278 Å². The summed E-state index contributed by atoms with van der Waals surface area (Å²) in [5.41, 5.74) is 0. The summed E-state index contributed by atoms with van der Waals surface area (Å²) in [4.78, 5) is 38.1. The van der Waals surface area contributed by atoms with Gasteiger partial charge in [-0.15, -0.1) is 0 Å². The molecule has 0 amide bonds. The lowest BCUT2D eigenvalue weighted by molar-refractivity contribution is -0.167. The number of hydrogen-bond donors (Lipinski definition) is 0. The Balaban J connectivity index is 4.37. The summed E-state index contributed by atoms with van der Waals surface area (Å²) >= 11 is 0. The third-order valence-electron chi connectivity index (χ3n) is 12.2. The molecule has 386 valence electrons. The number of esters is 3. The predicted octanol–water partition coefficient (Wildman–Crippen LogP) is 19.0. The second kappa shape index (κ2) is 55.4. The molecule has 0 aliphatic heterocycles. The molecule has 6 heteroatoms. The highest BCUT2D eigenvalue weighted by atomic mass is 16.6. The minimum atomic E-state index is -0.793. The van der Waals surface area contributed by atoms with Gasteiger partial charge in [0.1, 0.15) is 13.2 Å². The van der Waals surface area contributed by atoms with Crippen molar-refractivity contribution >= 4 is 17.9 Å². The Labute approximate surface area is 414 Å². The van der Waals surface area contributed by atoms with E-state index in [2.05, 4.69) is 93.7 Å². The Morgan fingerprint density at radius 3 is 0.940 bits per heavy atom. The second-order valence-corrected chi connectivity index (χ2v) is 18.8. The van der Waals surface area contributed by atoms with Crippen LogP contribution in [0.2, 0.25) is 0 Å². The summed E-state index contributed by atoms with van der Waals surface area (Å²) in [6.45, 7) is 6.55. The lowest BCUT2D eigenvalue weighted by Gasteiger charge is -2.18. The van der Waals surface area contributed by atoms with Crippen molar-refractivity contribution in [3.8, 4) is 0 Å². The van der Waals surface area contributed by atoms with Gasteiger partial charge in [-0.1, -0.05) is 222 Å². The molecule has 0 rings (SSSR count). The Kier molecular flexibility index (Phi) is 52.8. The lowest BCUT2D eigenvalue weighted by atomic mass is 10.1. The summed E-state index contributed by atoms with van der Waals surface area (Å²) in [6.07, 6.45) is 70.3. The minimum absolute atomic E-state index is 0.0897. The first-order chi connectivity index (χ1) is 33.0. The van der Waals surface area contributed by atoms with Crippen molar-refractivity contribution in [3.63, 3.8) is 0 Å². The van der Waals surface area contributed by atoms with Crippen LogP contribution < -0.4 is 0 Å². The van der Waals surface area contributed by atoms with Crippen LogP contribution in [0, 0.1) is 0 Å². The molecule has 0 bridgehead atoms. The number of carbonyl (C=O) groups is 3. The van der Waals surface area contributed by atoms with E-state index in [4.69, 9.17) is 14.2 Å². The number of unbranched alkanes of at least 4 members (excludes halogenated alkanes) is 28. The molecule has 0 saturated heterocycles. The van der Waals surface area contributed by atoms with Gasteiger partial charge in [0.15, 0.2) is 6.10 Å². The monoisotopic (exact) mass is 935 g/mol. The molecule has 0 unspecified atom stereocenters. The summed E-state index contributed by atoms with van der Waals surface area (Å²) in [7, 11) is 0. The normalized spacial score (nSPS) is 12.6. The van der Waals surface area contributed by atoms with Crippen molar-refractivity contribution in [2.24, 2.45) is 0 Å². The molecule has 0 aromatic heterocycles. The minimum Gasteiger partial charge on any atom is -0.462 e. The van der Waals surface area contributed by atoms with E-state index < -0.39 is 6.10 Å². The SMILES string of the molecule is CCCC/C=C\CCCCCCCC(=O)O[C@H](COC(=O)CCCCC/C=C\C/C=C\C/C=C\C/C=C\CCCCC)COC(=O)CCCCCCCCCCC/C=C\CCCCCCCC. The fourth-order valence-corrected chi connectivity index (χ4v) is 7.81. The van der Waals surface area contributed by atoms with Crippen LogP contribution in [0.3, 0.4) is 0 Å². The highest BCUT2D eigenvalue weighted by molar-refractivity contribution is 5.71. The fourth-order valence-electron chi connectivity index (χ4n) is 7.81. The molecule has 6 nitrogen and oxygen atoms in total.